The Bertz CT molecular complexity index is 1970. The van der Waals surface area contributed by atoms with Gasteiger partial charge in [-0.05, 0) is 92.8 Å². The number of aliphatic hydroxyl groups is 5. The Morgan fingerprint density at radius 3 is 2.38 bits per heavy atom. The highest BCUT2D eigenvalue weighted by molar-refractivity contribution is 5.73. The number of hydrogen-bond acceptors (Lipinski definition) is 18. The van der Waals surface area contributed by atoms with E-state index in [1.54, 1.807) is 58.4 Å². The van der Waals surface area contributed by atoms with Gasteiger partial charge in [0.15, 0.2) is 6.29 Å². The van der Waals surface area contributed by atoms with Crippen LogP contribution in [-0.4, -0.2) is 186 Å². The number of ether oxygens (including phenoxy) is 6. The number of carbonyl (C=O) groups excluding carboxylic acids is 1. The van der Waals surface area contributed by atoms with Crippen LogP contribution in [0.3, 0.4) is 0 Å². The number of nitro groups is 1. The molecule has 0 amide bonds. The zero-order valence-corrected chi connectivity index (χ0v) is 43.0. The molecule has 3 aliphatic rings. The number of cyclic esters (lactones) is 1. The predicted octanol–water partition coefficient (Wildman–Crippen LogP) is 3.37. The molecule has 20 heteroatoms. The van der Waals surface area contributed by atoms with Crippen molar-refractivity contribution in [1.82, 2.24) is 24.8 Å². The molecule has 2 aromatic rings. The fourth-order valence-electron chi connectivity index (χ4n) is 11.2. The number of esters is 1. The van der Waals surface area contributed by atoms with Crippen molar-refractivity contribution in [3.8, 4) is 5.75 Å². The molecule has 0 radical (unpaired) electrons. The lowest BCUT2D eigenvalue weighted by Crippen LogP contribution is -2.62. The van der Waals surface area contributed by atoms with Crippen LogP contribution in [0.1, 0.15) is 101 Å². The average molecular weight is 979 g/mol. The maximum atomic E-state index is 14.6. The van der Waals surface area contributed by atoms with E-state index in [9.17, 15) is 40.4 Å². The molecular formula is C49H82N6O14. The minimum absolute atomic E-state index is 0.0585. The number of likely N-dealkylation sites (N-methyl/N-ethyl adjacent to an activating group) is 2. The number of carbonyl (C=O) groups is 1. The van der Waals surface area contributed by atoms with Gasteiger partial charge in [-0.1, -0.05) is 39.0 Å². The van der Waals surface area contributed by atoms with Gasteiger partial charge in [0.1, 0.15) is 42.4 Å². The average Bonchev–Trinajstić information content (AvgIpc) is 3.75. The van der Waals surface area contributed by atoms with E-state index < -0.39 is 107 Å². The fraction of sp³-hybridized carbons (Fsp3) is 0.816. The van der Waals surface area contributed by atoms with E-state index in [0.717, 1.165) is 0 Å². The van der Waals surface area contributed by atoms with E-state index in [1.807, 2.05) is 50.9 Å². The summed E-state index contributed by atoms with van der Waals surface area (Å²) < 4.78 is 39.4. The smallest absolute Gasteiger partial charge is 0.309 e. The van der Waals surface area contributed by atoms with Gasteiger partial charge in [0.05, 0.1) is 64.8 Å². The SMILES string of the molecule is CC[C@H]1OC(=O)[C@H](C)[C@@H](C2C[C@@](C)(OC)[C@@H](O)[C@H](C)O2)[C@H](C)[C@@H](O[C@@H]2O[C@H](C)C[C@H](N(C)CCc3cn(CCOc4cccc([N+](=O)[O-])c4)nn3)[C@H]2O)[C@](C)(O)C[C@@H](C)CN(C)[C@H](C)[C@@H](O)[C@]1(C)O. The Morgan fingerprint density at radius 1 is 1.03 bits per heavy atom. The molecule has 3 saturated heterocycles. The number of non-ortho nitro benzene ring substituents is 1. The minimum atomic E-state index is -1.82. The Morgan fingerprint density at radius 2 is 1.72 bits per heavy atom. The van der Waals surface area contributed by atoms with E-state index in [0.29, 0.717) is 43.9 Å². The molecule has 5 rings (SSSR count). The highest BCUT2D eigenvalue weighted by atomic mass is 16.7. The lowest BCUT2D eigenvalue weighted by molar-refractivity contribution is -0.384. The minimum Gasteiger partial charge on any atom is -0.491 e. The normalized spacial score (nSPS) is 40.2. The predicted molar refractivity (Wildman–Crippen MR) is 254 cm³/mol. The number of benzene rings is 1. The zero-order chi connectivity index (χ0) is 51.3. The van der Waals surface area contributed by atoms with Gasteiger partial charge in [-0.2, -0.15) is 0 Å². The van der Waals surface area contributed by atoms with Gasteiger partial charge in [-0.15, -0.1) is 5.10 Å². The lowest BCUT2D eigenvalue weighted by atomic mass is 9.68. The summed E-state index contributed by atoms with van der Waals surface area (Å²) in [4.78, 5) is 29.2. The van der Waals surface area contributed by atoms with Crippen molar-refractivity contribution in [1.29, 1.82) is 0 Å². The first-order valence-electron chi connectivity index (χ1n) is 24.6. The molecule has 0 bridgehead atoms. The molecule has 1 aromatic carbocycles. The van der Waals surface area contributed by atoms with Gasteiger partial charge in [0, 0.05) is 63.3 Å². The van der Waals surface area contributed by atoms with Gasteiger partial charge < -0.3 is 63.8 Å². The Balaban J connectivity index is 1.42. The van der Waals surface area contributed by atoms with Crippen LogP contribution in [0.25, 0.3) is 0 Å². The third-order valence-corrected chi connectivity index (χ3v) is 15.4. The lowest BCUT2D eigenvalue weighted by Gasteiger charge is -2.51. The monoisotopic (exact) mass is 979 g/mol. The second kappa shape index (κ2) is 23.4. The third kappa shape index (κ3) is 13.4. The first-order chi connectivity index (χ1) is 32.2. The number of rotatable bonds is 14. The van der Waals surface area contributed by atoms with E-state index in [-0.39, 0.29) is 43.6 Å². The van der Waals surface area contributed by atoms with Crippen LogP contribution >= 0.6 is 0 Å². The largest absolute Gasteiger partial charge is 0.491 e. The van der Waals surface area contributed by atoms with Crippen LogP contribution in [0.4, 0.5) is 5.69 Å². The maximum absolute atomic E-state index is 14.6. The summed E-state index contributed by atoms with van der Waals surface area (Å²) in [5.74, 6) is -2.83. The van der Waals surface area contributed by atoms with Crippen LogP contribution in [0.2, 0.25) is 0 Å². The summed E-state index contributed by atoms with van der Waals surface area (Å²) in [5, 5.41) is 79.6. The molecule has 0 spiro atoms. The molecule has 1 unspecified atom stereocenters. The van der Waals surface area contributed by atoms with Crippen LogP contribution in [-0.2, 0) is 41.4 Å². The molecular weight excluding hydrogens is 897 g/mol. The van der Waals surface area contributed by atoms with Gasteiger partial charge in [0.25, 0.3) is 5.69 Å². The van der Waals surface area contributed by atoms with E-state index >= 15 is 0 Å². The van der Waals surface area contributed by atoms with E-state index in [1.165, 1.54) is 26.2 Å². The van der Waals surface area contributed by atoms with Crippen molar-refractivity contribution in [2.75, 3.05) is 40.9 Å². The molecule has 3 aliphatic heterocycles. The maximum Gasteiger partial charge on any atom is 0.309 e. The quantitative estimate of drug-likeness (QED) is 0.103. The van der Waals surface area contributed by atoms with Crippen molar-refractivity contribution >= 4 is 11.7 Å². The van der Waals surface area contributed by atoms with Crippen molar-refractivity contribution in [2.24, 2.45) is 23.7 Å². The standard InChI is InChI=1S/C49H82N6O14/c1-14-39-49(10,61)42(57)32(6)53(12)26-28(2)24-47(8,60)44(30(4)40(31(5)45(59)68-39)38-25-48(9,64-13)43(58)33(7)67-38)69-46-41(56)37(22-29(3)66-46)52(11)19-18-34-27-54(51-50-34)20-21-65-36-17-15-16-35(23-36)55(62)63/h15-17,23,27-33,37-44,46,56-58,60-61H,14,18-22,24-26H2,1-13H3/t28-,29-,30+,31-,32-,33+,37+,38?,39-,40+,41-,42-,43+,44-,46+,47-,48-,49-/m1/s1. The first-order valence-corrected chi connectivity index (χ1v) is 24.6. The summed E-state index contributed by atoms with van der Waals surface area (Å²) >= 11 is 0. The van der Waals surface area contributed by atoms with Gasteiger partial charge in [-0.25, -0.2) is 4.68 Å². The van der Waals surface area contributed by atoms with Gasteiger partial charge >= 0.3 is 5.97 Å². The van der Waals surface area contributed by atoms with Crippen molar-refractivity contribution in [3.05, 3.63) is 46.3 Å². The Hall–Kier alpha value is -3.41. The third-order valence-electron chi connectivity index (χ3n) is 15.4. The zero-order valence-electron chi connectivity index (χ0n) is 43.0. The van der Waals surface area contributed by atoms with Crippen molar-refractivity contribution < 1.29 is 63.7 Å². The van der Waals surface area contributed by atoms with Crippen LogP contribution < -0.4 is 4.74 Å². The molecule has 392 valence electrons. The summed E-state index contributed by atoms with van der Waals surface area (Å²) in [6.07, 6.45) is -5.25. The summed E-state index contributed by atoms with van der Waals surface area (Å²) in [6, 6.07) is 4.98. The van der Waals surface area contributed by atoms with Gasteiger partial charge in [-0.3, -0.25) is 14.9 Å². The molecule has 18 atom stereocenters. The second-order valence-corrected chi connectivity index (χ2v) is 21.1. The van der Waals surface area contributed by atoms with E-state index in [4.69, 9.17) is 28.4 Å². The van der Waals surface area contributed by atoms with E-state index in [2.05, 4.69) is 10.3 Å². The van der Waals surface area contributed by atoms with Crippen LogP contribution in [0, 0.1) is 33.8 Å². The summed E-state index contributed by atoms with van der Waals surface area (Å²) in [6.45, 7) is 19.3. The molecule has 0 saturated carbocycles. The Labute approximate surface area is 407 Å². The molecule has 4 heterocycles. The van der Waals surface area contributed by atoms with Gasteiger partial charge in [0.2, 0.25) is 0 Å². The number of nitro benzene ring substituents is 1. The first kappa shape index (κ1) is 56.5. The highest BCUT2D eigenvalue weighted by Gasteiger charge is 2.55. The molecule has 3 fully saturated rings. The number of aromatic nitrogens is 3. The topological polar surface area (TPSA) is 254 Å². The molecule has 5 N–H and O–H groups in total. The highest BCUT2D eigenvalue weighted by Crippen LogP contribution is 2.45. The van der Waals surface area contributed by atoms with Crippen molar-refractivity contribution in [2.45, 2.75) is 192 Å². The van der Waals surface area contributed by atoms with Crippen molar-refractivity contribution in [3.63, 3.8) is 0 Å². The molecule has 20 nitrogen and oxygen atoms in total. The van der Waals surface area contributed by atoms with Crippen LogP contribution in [0.5, 0.6) is 5.75 Å². The molecule has 69 heavy (non-hydrogen) atoms. The second-order valence-electron chi connectivity index (χ2n) is 21.1. The number of aliphatic hydroxyl groups excluding tert-OH is 3. The fourth-order valence-corrected chi connectivity index (χ4v) is 11.2. The number of nitrogens with zero attached hydrogens (tertiary/aromatic N) is 6. The number of hydrogen-bond donors (Lipinski definition) is 5. The summed E-state index contributed by atoms with van der Waals surface area (Å²) in [5.41, 5.74) is -3.84. The molecule has 1 aromatic heterocycles. The Kier molecular flexibility index (Phi) is 19.2. The molecule has 0 aliphatic carbocycles. The van der Waals surface area contributed by atoms with Crippen LogP contribution in [0.15, 0.2) is 30.5 Å². The summed E-state index contributed by atoms with van der Waals surface area (Å²) in [7, 11) is 5.27. The number of methoxy groups -OCH3 is 1.